The number of nitrogens with zero attached hydrogens (tertiary/aromatic N) is 2. The molecule has 5 heteroatoms. The number of aromatic nitrogens is 1. The molecule has 2 rings (SSSR count). The van der Waals surface area contributed by atoms with E-state index in [2.05, 4.69) is 10.3 Å². The minimum Gasteiger partial charge on any atom is -0.392 e. The molecule has 0 bridgehead atoms. The molecule has 110 valence electrons. The van der Waals surface area contributed by atoms with Crippen molar-refractivity contribution in [2.45, 2.75) is 13.0 Å². The Morgan fingerprint density at radius 2 is 2.05 bits per heavy atom. The zero-order valence-corrected chi connectivity index (χ0v) is 12.2. The molecule has 0 aliphatic rings. The van der Waals surface area contributed by atoms with Crippen LogP contribution in [0.4, 0.5) is 11.5 Å². The average molecular weight is 285 g/mol. The number of carbonyl (C=O) groups excluding carboxylic acids is 1. The van der Waals surface area contributed by atoms with Crippen LogP contribution < -0.4 is 10.2 Å². The fourth-order valence-corrected chi connectivity index (χ4v) is 1.88. The quantitative estimate of drug-likeness (QED) is 0.883. The number of hydrogen-bond acceptors (Lipinski definition) is 4. The summed E-state index contributed by atoms with van der Waals surface area (Å²) in [6, 6.07) is 12.8. The highest BCUT2D eigenvalue weighted by Gasteiger charge is 2.14. The van der Waals surface area contributed by atoms with Crippen molar-refractivity contribution in [1.29, 1.82) is 0 Å². The summed E-state index contributed by atoms with van der Waals surface area (Å²) in [5, 5.41) is 12.2. The summed E-state index contributed by atoms with van der Waals surface area (Å²) in [7, 11) is 1.74. The fraction of sp³-hybridized carbons (Fsp3) is 0.250. The minimum atomic E-state index is -0.474. The van der Waals surface area contributed by atoms with Gasteiger partial charge >= 0.3 is 0 Å². The first-order valence-corrected chi connectivity index (χ1v) is 6.79. The minimum absolute atomic E-state index is 0.108. The molecule has 1 atom stereocenters. The normalized spacial score (nSPS) is 11.8. The Kier molecular flexibility index (Phi) is 4.90. The first-order valence-electron chi connectivity index (χ1n) is 6.79. The molecule has 0 saturated carbocycles. The number of carbonyl (C=O) groups is 1. The van der Waals surface area contributed by atoms with E-state index in [0.717, 1.165) is 5.69 Å². The van der Waals surface area contributed by atoms with Gasteiger partial charge in [-0.2, -0.15) is 0 Å². The lowest BCUT2D eigenvalue weighted by atomic mass is 10.2. The van der Waals surface area contributed by atoms with Gasteiger partial charge in [0.1, 0.15) is 5.82 Å². The Balaban J connectivity index is 2.14. The summed E-state index contributed by atoms with van der Waals surface area (Å²) >= 11 is 0. The van der Waals surface area contributed by atoms with E-state index in [1.54, 1.807) is 37.2 Å². The molecule has 0 aliphatic heterocycles. The summed E-state index contributed by atoms with van der Waals surface area (Å²) in [5.41, 5.74) is 1.38. The second-order valence-corrected chi connectivity index (χ2v) is 4.86. The first-order chi connectivity index (χ1) is 10.1. The van der Waals surface area contributed by atoms with Gasteiger partial charge < -0.3 is 15.3 Å². The molecule has 0 radical (unpaired) electrons. The van der Waals surface area contributed by atoms with Crippen molar-refractivity contribution in [2.75, 3.05) is 23.8 Å². The van der Waals surface area contributed by atoms with Crippen molar-refractivity contribution < 1.29 is 9.90 Å². The molecule has 1 aromatic heterocycles. The maximum Gasteiger partial charge on any atom is 0.258 e. The van der Waals surface area contributed by atoms with Crippen molar-refractivity contribution in [3.05, 3.63) is 54.2 Å². The Hall–Kier alpha value is -2.40. The van der Waals surface area contributed by atoms with E-state index in [4.69, 9.17) is 0 Å². The molecular formula is C16H19N3O2. The number of aliphatic hydroxyl groups excluding tert-OH is 1. The number of para-hydroxylation sites is 1. The number of pyridine rings is 1. The van der Waals surface area contributed by atoms with Gasteiger partial charge in [0, 0.05) is 31.0 Å². The topological polar surface area (TPSA) is 65.5 Å². The number of aliphatic hydroxyl groups is 1. The van der Waals surface area contributed by atoms with Crippen LogP contribution in [0.25, 0.3) is 0 Å². The predicted molar refractivity (Wildman–Crippen MR) is 83.6 cm³/mol. The van der Waals surface area contributed by atoms with Crippen LogP contribution in [0.5, 0.6) is 0 Å². The first kappa shape index (κ1) is 15.0. The van der Waals surface area contributed by atoms with Crippen LogP contribution in [0.3, 0.4) is 0 Å². The number of nitrogens with one attached hydrogen (secondary N) is 1. The van der Waals surface area contributed by atoms with Crippen molar-refractivity contribution in [1.82, 2.24) is 4.98 Å². The zero-order valence-electron chi connectivity index (χ0n) is 12.2. The van der Waals surface area contributed by atoms with Gasteiger partial charge in [-0.15, -0.1) is 0 Å². The second kappa shape index (κ2) is 6.85. The highest BCUT2D eigenvalue weighted by Crippen LogP contribution is 2.16. The Morgan fingerprint density at radius 3 is 2.71 bits per heavy atom. The highest BCUT2D eigenvalue weighted by atomic mass is 16.3. The van der Waals surface area contributed by atoms with Crippen LogP contribution in [-0.2, 0) is 0 Å². The molecular weight excluding hydrogens is 266 g/mol. The fourth-order valence-electron chi connectivity index (χ4n) is 1.88. The third-order valence-corrected chi connectivity index (χ3v) is 3.03. The molecule has 2 N–H and O–H groups in total. The Labute approximate surface area is 124 Å². The number of rotatable bonds is 5. The number of anilines is 2. The number of amides is 1. The van der Waals surface area contributed by atoms with Crippen LogP contribution in [0.1, 0.15) is 17.3 Å². The molecule has 2 aromatic rings. The van der Waals surface area contributed by atoms with Crippen LogP contribution in [0, 0.1) is 0 Å². The molecule has 0 saturated heterocycles. The van der Waals surface area contributed by atoms with Crippen LogP contribution in [-0.4, -0.2) is 35.7 Å². The summed E-state index contributed by atoms with van der Waals surface area (Å²) in [4.78, 5) is 18.2. The summed E-state index contributed by atoms with van der Waals surface area (Å²) in [6.07, 6.45) is 1.11. The van der Waals surface area contributed by atoms with Gasteiger partial charge in [-0.25, -0.2) is 4.98 Å². The summed E-state index contributed by atoms with van der Waals surface area (Å²) in [5.74, 6) is 0.465. The molecule has 0 unspecified atom stereocenters. The van der Waals surface area contributed by atoms with Gasteiger partial charge in [0.2, 0.25) is 0 Å². The van der Waals surface area contributed by atoms with Gasteiger partial charge in [0.25, 0.3) is 5.91 Å². The van der Waals surface area contributed by atoms with E-state index in [1.165, 1.54) is 0 Å². The standard InChI is InChI=1S/C16H19N3O2/c1-12(20)11-18-15-10-13(8-9-17-15)16(21)19(2)14-6-4-3-5-7-14/h3-10,12,20H,11H2,1-2H3,(H,17,18)/t12-/m1/s1. The van der Waals surface area contributed by atoms with E-state index in [9.17, 15) is 9.90 Å². The third kappa shape index (κ3) is 4.03. The van der Waals surface area contributed by atoms with Crippen molar-refractivity contribution >= 4 is 17.4 Å². The lowest BCUT2D eigenvalue weighted by molar-refractivity contribution is 0.0993. The van der Waals surface area contributed by atoms with E-state index in [1.807, 2.05) is 30.3 Å². The van der Waals surface area contributed by atoms with Gasteiger partial charge in [-0.05, 0) is 31.2 Å². The number of benzene rings is 1. The zero-order chi connectivity index (χ0) is 15.2. The monoisotopic (exact) mass is 285 g/mol. The van der Waals surface area contributed by atoms with Gasteiger partial charge in [-0.1, -0.05) is 18.2 Å². The van der Waals surface area contributed by atoms with E-state index >= 15 is 0 Å². The molecule has 21 heavy (non-hydrogen) atoms. The molecule has 0 aliphatic carbocycles. The molecule has 0 fully saturated rings. The van der Waals surface area contributed by atoms with E-state index < -0.39 is 6.10 Å². The van der Waals surface area contributed by atoms with E-state index in [0.29, 0.717) is 17.9 Å². The number of hydrogen-bond donors (Lipinski definition) is 2. The smallest absolute Gasteiger partial charge is 0.258 e. The van der Waals surface area contributed by atoms with Gasteiger partial charge in [0.05, 0.1) is 6.10 Å². The van der Waals surface area contributed by atoms with Crippen molar-refractivity contribution in [2.24, 2.45) is 0 Å². The SMILES string of the molecule is C[C@@H](O)CNc1cc(C(=O)N(C)c2ccccc2)ccn1. The molecule has 1 aromatic carbocycles. The van der Waals surface area contributed by atoms with Gasteiger partial charge in [0.15, 0.2) is 0 Å². The van der Waals surface area contributed by atoms with E-state index in [-0.39, 0.29) is 5.91 Å². The second-order valence-electron chi connectivity index (χ2n) is 4.86. The molecule has 1 amide bonds. The largest absolute Gasteiger partial charge is 0.392 e. The average Bonchev–Trinajstić information content (AvgIpc) is 2.52. The molecule has 0 spiro atoms. The lowest BCUT2D eigenvalue weighted by Gasteiger charge is -2.17. The molecule has 1 heterocycles. The van der Waals surface area contributed by atoms with Crippen molar-refractivity contribution in [3.8, 4) is 0 Å². The van der Waals surface area contributed by atoms with Crippen molar-refractivity contribution in [3.63, 3.8) is 0 Å². The summed E-state index contributed by atoms with van der Waals surface area (Å²) < 4.78 is 0. The predicted octanol–water partition coefficient (Wildman–Crippen LogP) is 2.15. The van der Waals surface area contributed by atoms with Gasteiger partial charge in [-0.3, -0.25) is 4.79 Å². The van der Waals surface area contributed by atoms with Crippen LogP contribution in [0.15, 0.2) is 48.7 Å². The maximum absolute atomic E-state index is 12.5. The van der Waals surface area contributed by atoms with Crippen LogP contribution >= 0.6 is 0 Å². The Bertz CT molecular complexity index is 599. The molecule has 5 nitrogen and oxygen atoms in total. The maximum atomic E-state index is 12.5. The van der Waals surface area contributed by atoms with Crippen LogP contribution in [0.2, 0.25) is 0 Å². The highest BCUT2D eigenvalue weighted by molar-refractivity contribution is 6.06. The third-order valence-electron chi connectivity index (χ3n) is 3.03. The lowest BCUT2D eigenvalue weighted by Crippen LogP contribution is -2.26. The summed E-state index contributed by atoms with van der Waals surface area (Å²) in [6.45, 7) is 2.07. The Morgan fingerprint density at radius 1 is 1.33 bits per heavy atom.